The van der Waals surface area contributed by atoms with Crippen molar-refractivity contribution in [2.75, 3.05) is 7.11 Å². The van der Waals surface area contributed by atoms with Crippen molar-refractivity contribution in [3.05, 3.63) is 23.8 Å². The van der Waals surface area contributed by atoms with Crippen LogP contribution in [-0.2, 0) is 20.9 Å². The molecular formula is C12H8F6O5. The van der Waals surface area contributed by atoms with E-state index in [0.717, 1.165) is 25.3 Å². The highest BCUT2D eigenvalue weighted by Gasteiger charge is 2.42. The van der Waals surface area contributed by atoms with Gasteiger partial charge in [-0.05, 0) is 17.7 Å². The lowest BCUT2D eigenvalue weighted by atomic mass is 10.2. The van der Waals surface area contributed by atoms with Crippen LogP contribution in [0.4, 0.5) is 26.3 Å². The first-order valence-corrected chi connectivity index (χ1v) is 5.65. The first kappa shape index (κ1) is 18.6. The van der Waals surface area contributed by atoms with Gasteiger partial charge in [0.15, 0.2) is 11.5 Å². The van der Waals surface area contributed by atoms with E-state index in [1.807, 2.05) is 0 Å². The minimum absolute atomic E-state index is 0.145. The van der Waals surface area contributed by atoms with Crippen molar-refractivity contribution in [2.45, 2.75) is 19.0 Å². The van der Waals surface area contributed by atoms with E-state index in [2.05, 4.69) is 14.2 Å². The van der Waals surface area contributed by atoms with E-state index in [1.165, 1.54) is 0 Å². The minimum Gasteiger partial charge on any atom is -0.493 e. The molecule has 5 nitrogen and oxygen atoms in total. The van der Waals surface area contributed by atoms with Crippen LogP contribution in [0.3, 0.4) is 0 Å². The van der Waals surface area contributed by atoms with Crippen molar-refractivity contribution in [1.29, 1.82) is 0 Å². The van der Waals surface area contributed by atoms with E-state index in [-0.39, 0.29) is 11.3 Å². The van der Waals surface area contributed by atoms with Gasteiger partial charge in [0.05, 0.1) is 7.11 Å². The Bertz CT molecular complexity index is 593. The number of methoxy groups -OCH3 is 1. The molecule has 0 aliphatic rings. The van der Waals surface area contributed by atoms with Gasteiger partial charge in [-0.1, -0.05) is 6.07 Å². The lowest BCUT2D eigenvalue weighted by Crippen LogP contribution is -2.28. The molecule has 1 rings (SSSR count). The third-order valence-corrected chi connectivity index (χ3v) is 2.26. The SMILES string of the molecule is COc1ccc(COC(=O)C(F)(F)F)cc1OC(=O)C(F)(F)F. The summed E-state index contributed by atoms with van der Waals surface area (Å²) in [4.78, 5) is 21.3. The number of esters is 2. The van der Waals surface area contributed by atoms with Gasteiger partial charge >= 0.3 is 24.3 Å². The Hall–Kier alpha value is -2.46. The summed E-state index contributed by atoms with van der Waals surface area (Å²) in [7, 11) is 1.07. The standard InChI is InChI=1S/C12H8F6O5/c1-21-7-3-2-6(5-22-9(19)11(13,14)15)4-8(7)23-10(20)12(16,17)18/h2-4H,5H2,1H3. The van der Waals surface area contributed by atoms with Gasteiger partial charge in [-0.15, -0.1) is 0 Å². The number of benzene rings is 1. The molecule has 11 heteroatoms. The minimum atomic E-state index is -5.27. The molecule has 1 aromatic carbocycles. The summed E-state index contributed by atoms with van der Waals surface area (Å²) in [6, 6.07) is 2.94. The molecule has 0 N–H and O–H groups in total. The molecule has 0 bridgehead atoms. The van der Waals surface area contributed by atoms with E-state index in [0.29, 0.717) is 0 Å². The Morgan fingerprint density at radius 3 is 2.00 bits per heavy atom. The normalized spacial score (nSPS) is 11.8. The van der Waals surface area contributed by atoms with Gasteiger partial charge in [0.1, 0.15) is 6.61 Å². The number of carbonyl (C=O) groups is 2. The second kappa shape index (κ2) is 6.75. The summed E-state index contributed by atoms with van der Waals surface area (Å²) >= 11 is 0. The van der Waals surface area contributed by atoms with Crippen LogP contribution in [-0.4, -0.2) is 31.4 Å². The Kier molecular flexibility index (Phi) is 5.46. The highest BCUT2D eigenvalue weighted by Crippen LogP contribution is 2.31. The fraction of sp³-hybridized carbons (Fsp3) is 0.333. The molecule has 0 amide bonds. The molecule has 0 atom stereocenters. The zero-order chi connectivity index (χ0) is 17.8. The largest absolute Gasteiger partial charge is 0.493 e. The fourth-order valence-corrected chi connectivity index (χ4v) is 1.28. The van der Waals surface area contributed by atoms with E-state index in [1.54, 1.807) is 0 Å². The van der Waals surface area contributed by atoms with Gasteiger partial charge in [-0.25, -0.2) is 9.59 Å². The molecule has 0 unspecified atom stereocenters. The lowest BCUT2D eigenvalue weighted by Gasteiger charge is -2.12. The maximum Gasteiger partial charge on any atom is 0.491 e. The molecule has 0 heterocycles. The average Bonchev–Trinajstić information content (AvgIpc) is 2.42. The summed E-state index contributed by atoms with van der Waals surface area (Å²) in [5, 5.41) is 0. The van der Waals surface area contributed by atoms with Crippen LogP contribution in [0, 0.1) is 0 Å². The van der Waals surface area contributed by atoms with Gasteiger partial charge in [0.2, 0.25) is 0 Å². The summed E-state index contributed by atoms with van der Waals surface area (Å²) in [6.45, 7) is -0.890. The second-order valence-electron chi connectivity index (χ2n) is 3.95. The summed E-state index contributed by atoms with van der Waals surface area (Å²) in [6.07, 6.45) is -10.5. The summed E-state index contributed by atoms with van der Waals surface area (Å²) < 4.78 is 85.0. The Morgan fingerprint density at radius 2 is 1.52 bits per heavy atom. The number of carbonyl (C=O) groups excluding carboxylic acids is 2. The first-order chi connectivity index (χ1) is 10.4. The topological polar surface area (TPSA) is 61.8 Å². The monoisotopic (exact) mass is 346 g/mol. The Labute approximate surface area is 124 Å². The predicted molar refractivity (Wildman–Crippen MR) is 60.5 cm³/mol. The zero-order valence-corrected chi connectivity index (χ0v) is 11.2. The van der Waals surface area contributed by atoms with Crippen LogP contribution in [0.25, 0.3) is 0 Å². The molecule has 0 spiro atoms. The summed E-state index contributed by atoms with van der Waals surface area (Å²) in [5.74, 6) is -5.97. The number of hydrogen-bond donors (Lipinski definition) is 0. The maximum atomic E-state index is 12.1. The molecule has 0 saturated carbocycles. The van der Waals surface area contributed by atoms with Crippen LogP contribution in [0.2, 0.25) is 0 Å². The van der Waals surface area contributed by atoms with Crippen molar-refractivity contribution in [3.63, 3.8) is 0 Å². The van der Waals surface area contributed by atoms with Crippen molar-refractivity contribution in [2.24, 2.45) is 0 Å². The molecule has 0 fully saturated rings. The van der Waals surface area contributed by atoms with E-state index in [4.69, 9.17) is 0 Å². The van der Waals surface area contributed by atoms with Crippen LogP contribution < -0.4 is 9.47 Å². The number of rotatable bonds is 4. The van der Waals surface area contributed by atoms with Crippen LogP contribution in [0.15, 0.2) is 18.2 Å². The first-order valence-electron chi connectivity index (χ1n) is 5.65. The molecule has 128 valence electrons. The molecule has 0 radical (unpaired) electrons. The van der Waals surface area contributed by atoms with E-state index in [9.17, 15) is 35.9 Å². The molecule has 0 aromatic heterocycles. The van der Waals surface area contributed by atoms with Gasteiger partial charge in [-0.3, -0.25) is 0 Å². The van der Waals surface area contributed by atoms with Crippen molar-refractivity contribution in [3.8, 4) is 11.5 Å². The van der Waals surface area contributed by atoms with Gasteiger partial charge < -0.3 is 14.2 Å². The smallest absolute Gasteiger partial charge is 0.491 e. The number of halogens is 6. The molecule has 23 heavy (non-hydrogen) atoms. The Morgan fingerprint density at radius 1 is 0.957 bits per heavy atom. The van der Waals surface area contributed by atoms with Gasteiger partial charge in [0, 0.05) is 0 Å². The molecule has 1 aromatic rings. The molecular weight excluding hydrogens is 338 g/mol. The van der Waals surface area contributed by atoms with Crippen molar-refractivity contribution >= 4 is 11.9 Å². The third kappa shape index (κ3) is 5.34. The van der Waals surface area contributed by atoms with Crippen LogP contribution in [0.5, 0.6) is 11.5 Å². The predicted octanol–water partition coefficient (Wildman–Crippen LogP) is 2.77. The maximum absolute atomic E-state index is 12.1. The van der Waals surface area contributed by atoms with Crippen molar-refractivity contribution in [1.82, 2.24) is 0 Å². The molecule has 0 aliphatic heterocycles. The van der Waals surface area contributed by atoms with Gasteiger partial charge in [0.25, 0.3) is 0 Å². The van der Waals surface area contributed by atoms with Crippen molar-refractivity contribution < 1.29 is 50.1 Å². The van der Waals surface area contributed by atoms with E-state index >= 15 is 0 Å². The fourth-order valence-electron chi connectivity index (χ4n) is 1.28. The van der Waals surface area contributed by atoms with Crippen LogP contribution >= 0.6 is 0 Å². The highest BCUT2D eigenvalue weighted by atomic mass is 19.4. The summed E-state index contributed by atoms with van der Waals surface area (Å²) in [5.41, 5.74) is -0.145. The molecule has 0 aliphatic carbocycles. The second-order valence-corrected chi connectivity index (χ2v) is 3.95. The quantitative estimate of drug-likeness (QED) is 0.477. The zero-order valence-electron chi connectivity index (χ0n) is 11.2. The average molecular weight is 346 g/mol. The Balaban J connectivity index is 2.91. The van der Waals surface area contributed by atoms with Crippen LogP contribution in [0.1, 0.15) is 5.56 Å². The number of ether oxygens (including phenoxy) is 3. The molecule has 0 saturated heterocycles. The number of alkyl halides is 6. The van der Waals surface area contributed by atoms with Gasteiger partial charge in [-0.2, -0.15) is 26.3 Å². The lowest BCUT2D eigenvalue weighted by molar-refractivity contribution is -0.201. The third-order valence-electron chi connectivity index (χ3n) is 2.26. The number of hydrogen-bond acceptors (Lipinski definition) is 5. The highest BCUT2D eigenvalue weighted by molar-refractivity contribution is 5.79. The van der Waals surface area contributed by atoms with E-state index < -0.39 is 36.6 Å².